The number of aliphatic carboxylic acids is 1. The number of carboxylic acids is 1. The summed E-state index contributed by atoms with van der Waals surface area (Å²) in [6, 6.07) is 8.47. The smallest absolute Gasteiger partial charge is 0.313 e. The molecule has 0 radical (unpaired) electrons. The Hall–Kier alpha value is -2.32. The zero-order valence-electron chi connectivity index (χ0n) is 13.7. The number of benzene rings is 1. The van der Waals surface area contributed by atoms with Crippen LogP contribution in [0.3, 0.4) is 0 Å². The third-order valence-electron chi connectivity index (χ3n) is 3.16. The Balaban J connectivity index is 2.12. The molecule has 25 heavy (non-hydrogen) atoms. The van der Waals surface area contributed by atoms with Crippen molar-refractivity contribution in [2.45, 2.75) is 6.92 Å². The summed E-state index contributed by atoms with van der Waals surface area (Å²) in [7, 11) is 1.55. The Morgan fingerprint density at radius 1 is 1.20 bits per heavy atom. The highest BCUT2D eigenvalue weighted by molar-refractivity contribution is 8.00. The first-order valence-corrected chi connectivity index (χ1v) is 9.26. The maximum Gasteiger partial charge on any atom is 0.313 e. The van der Waals surface area contributed by atoms with Crippen LogP contribution in [0, 0.1) is 6.92 Å². The first-order chi connectivity index (χ1) is 11.9. The standard InChI is InChI=1S/C17H17NO5S2/c1-10-7-13(16(22)11-3-5-12(23-2)6-4-11)17(25-10)18-14(19)8-24-9-15(20)21/h3-7H,8-9H2,1-2H3,(H,18,19)(H,20,21). The number of carboxylic acid groups (broad SMARTS) is 1. The highest BCUT2D eigenvalue weighted by Gasteiger charge is 2.18. The lowest BCUT2D eigenvalue weighted by Gasteiger charge is -2.06. The Morgan fingerprint density at radius 3 is 2.48 bits per heavy atom. The van der Waals surface area contributed by atoms with Gasteiger partial charge >= 0.3 is 5.97 Å². The predicted molar refractivity (Wildman–Crippen MR) is 99.1 cm³/mol. The van der Waals surface area contributed by atoms with Crippen molar-refractivity contribution in [1.82, 2.24) is 0 Å². The molecule has 2 rings (SSSR count). The quantitative estimate of drug-likeness (QED) is 0.685. The van der Waals surface area contributed by atoms with Crippen molar-refractivity contribution in [3.63, 3.8) is 0 Å². The average Bonchev–Trinajstić information content (AvgIpc) is 2.94. The summed E-state index contributed by atoms with van der Waals surface area (Å²) in [5.41, 5.74) is 0.915. The molecule has 0 bridgehead atoms. The molecule has 6 nitrogen and oxygen atoms in total. The molecule has 0 aliphatic rings. The monoisotopic (exact) mass is 379 g/mol. The molecule has 2 aromatic rings. The van der Waals surface area contributed by atoms with Crippen molar-refractivity contribution in [2.75, 3.05) is 23.9 Å². The van der Waals surface area contributed by atoms with Crippen LogP contribution in [0.4, 0.5) is 5.00 Å². The van der Waals surface area contributed by atoms with Crippen LogP contribution in [0.1, 0.15) is 20.8 Å². The van der Waals surface area contributed by atoms with Crippen LogP contribution in [-0.4, -0.2) is 41.4 Å². The van der Waals surface area contributed by atoms with Crippen molar-refractivity contribution in [3.05, 3.63) is 46.3 Å². The van der Waals surface area contributed by atoms with E-state index >= 15 is 0 Å². The Kier molecular flexibility index (Phi) is 6.60. The first kappa shape index (κ1) is 19.0. The second kappa shape index (κ2) is 8.68. The van der Waals surface area contributed by atoms with Crippen LogP contribution in [0.25, 0.3) is 0 Å². The number of amides is 1. The molecule has 0 saturated heterocycles. The molecular formula is C17H17NO5S2. The van der Waals surface area contributed by atoms with Crippen LogP contribution in [0.15, 0.2) is 30.3 Å². The number of ether oxygens (including phenoxy) is 1. The maximum absolute atomic E-state index is 12.7. The summed E-state index contributed by atoms with van der Waals surface area (Å²) < 4.78 is 5.08. The minimum atomic E-state index is -0.972. The number of nitrogens with one attached hydrogen (secondary N) is 1. The minimum Gasteiger partial charge on any atom is -0.497 e. The number of aryl methyl sites for hydroxylation is 1. The number of thiophene rings is 1. The summed E-state index contributed by atoms with van der Waals surface area (Å²) in [6.07, 6.45) is 0. The maximum atomic E-state index is 12.7. The van der Waals surface area contributed by atoms with Crippen molar-refractivity contribution in [3.8, 4) is 5.75 Å². The van der Waals surface area contributed by atoms with Crippen molar-refractivity contribution in [2.24, 2.45) is 0 Å². The topological polar surface area (TPSA) is 92.7 Å². The van der Waals surface area contributed by atoms with Crippen LogP contribution in [0.5, 0.6) is 5.75 Å². The number of rotatable bonds is 8. The molecule has 1 amide bonds. The van der Waals surface area contributed by atoms with Gasteiger partial charge in [0.05, 0.1) is 24.2 Å². The normalized spacial score (nSPS) is 10.3. The fraction of sp³-hybridized carbons (Fsp3) is 0.235. The highest BCUT2D eigenvalue weighted by atomic mass is 32.2. The van der Waals surface area contributed by atoms with Crippen LogP contribution in [-0.2, 0) is 9.59 Å². The van der Waals surface area contributed by atoms with Gasteiger partial charge in [0.25, 0.3) is 0 Å². The third kappa shape index (κ3) is 5.33. The lowest BCUT2D eigenvalue weighted by molar-refractivity contribution is -0.133. The number of methoxy groups -OCH3 is 1. The molecule has 0 fully saturated rings. The van der Waals surface area contributed by atoms with E-state index in [2.05, 4.69) is 5.32 Å². The highest BCUT2D eigenvalue weighted by Crippen LogP contribution is 2.30. The summed E-state index contributed by atoms with van der Waals surface area (Å²) in [5, 5.41) is 11.8. The lowest BCUT2D eigenvalue weighted by atomic mass is 10.0. The lowest BCUT2D eigenvalue weighted by Crippen LogP contribution is -2.16. The molecule has 0 unspecified atom stereocenters. The Bertz CT molecular complexity index is 783. The van der Waals surface area contributed by atoms with Gasteiger partial charge in [-0.1, -0.05) is 0 Å². The van der Waals surface area contributed by atoms with Crippen molar-refractivity contribution >= 4 is 45.8 Å². The molecule has 132 valence electrons. The van der Waals surface area contributed by atoms with E-state index in [4.69, 9.17) is 9.84 Å². The van der Waals surface area contributed by atoms with Gasteiger partial charge in [-0.25, -0.2) is 0 Å². The zero-order valence-corrected chi connectivity index (χ0v) is 15.3. The third-order valence-corrected chi connectivity index (χ3v) is 5.05. The second-order valence-corrected chi connectivity index (χ2v) is 7.33. The molecule has 0 aliphatic carbocycles. The minimum absolute atomic E-state index is 0.0133. The summed E-state index contributed by atoms with van der Waals surface area (Å²) in [6.45, 7) is 1.85. The average molecular weight is 379 g/mol. The van der Waals surface area contributed by atoms with E-state index in [1.807, 2.05) is 6.92 Å². The van der Waals surface area contributed by atoms with Crippen molar-refractivity contribution < 1.29 is 24.2 Å². The van der Waals surface area contributed by atoms with Gasteiger partial charge < -0.3 is 15.2 Å². The van der Waals surface area contributed by atoms with Gasteiger partial charge in [-0.05, 0) is 37.3 Å². The molecule has 2 N–H and O–H groups in total. The van der Waals surface area contributed by atoms with Gasteiger partial charge in [0, 0.05) is 10.4 Å². The number of hydrogen-bond acceptors (Lipinski definition) is 6. The zero-order chi connectivity index (χ0) is 18.4. The molecule has 1 aromatic heterocycles. The molecule has 0 saturated carbocycles. The van der Waals surface area contributed by atoms with E-state index in [1.165, 1.54) is 11.3 Å². The molecule has 8 heteroatoms. The molecule has 1 aromatic carbocycles. The van der Waals surface area contributed by atoms with E-state index in [0.29, 0.717) is 21.9 Å². The molecule has 1 heterocycles. The fourth-order valence-corrected chi connectivity index (χ4v) is 3.53. The Morgan fingerprint density at radius 2 is 1.88 bits per heavy atom. The predicted octanol–water partition coefficient (Wildman–Crippen LogP) is 3.05. The van der Waals surface area contributed by atoms with Crippen LogP contribution < -0.4 is 10.1 Å². The van der Waals surface area contributed by atoms with Crippen LogP contribution in [0.2, 0.25) is 0 Å². The van der Waals surface area contributed by atoms with E-state index < -0.39 is 5.97 Å². The molecule has 0 spiro atoms. The van der Waals surface area contributed by atoms with Gasteiger partial charge in [-0.2, -0.15) is 0 Å². The van der Waals surface area contributed by atoms with Gasteiger partial charge in [-0.15, -0.1) is 23.1 Å². The summed E-state index contributed by atoms with van der Waals surface area (Å²) in [4.78, 5) is 36.0. The summed E-state index contributed by atoms with van der Waals surface area (Å²) in [5.74, 6) is -0.979. The van der Waals surface area contributed by atoms with Gasteiger partial charge in [0.1, 0.15) is 10.8 Å². The van der Waals surface area contributed by atoms with E-state index in [-0.39, 0.29) is 23.2 Å². The molecule has 0 atom stereocenters. The first-order valence-electron chi connectivity index (χ1n) is 7.29. The number of thioether (sulfide) groups is 1. The SMILES string of the molecule is COc1ccc(C(=O)c2cc(C)sc2NC(=O)CSCC(=O)O)cc1. The summed E-state index contributed by atoms with van der Waals surface area (Å²) >= 11 is 2.31. The number of anilines is 1. The van der Waals surface area contributed by atoms with Crippen LogP contribution >= 0.6 is 23.1 Å². The number of carbonyl (C=O) groups is 3. The van der Waals surface area contributed by atoms with Gasteiger partial charge in [-0.3, -0.25) is 14.4 Å². The molecular weight excluding hydrogens is 362 g/mol. The molecule has 0 aliphatic heterocycles. The number of hydrogen-bond donors (Lipinski definition) is 2. The fourth-order valence-electron chi connectivity index (χ4n) is 2.07. The van der Waals surface area contributed by atoms with E-state index in [0.717, 1.165) is 16.6 Å². The van der Waals surface area contributed by atoms with Crippen molar-refractivity contribution in [1.29, 1.82) is 0 Å². The second-order valence-electron chi connectivity index (χ2n) is 5.09. The van der Waals surface area contributed by atoms with Gasteiger partial charge in [0.15, 0.2) is 5.78 Å². The van der Waals surface area contributed by atoms with E-state index in [1.54, 1.807) is 37.4 Å². The largest absolute Gasteiger partial charge is 0.497 e. The number of ketones is 1. The van der Waals surface area contributed by atoms with E-state index in [9.17, 15) is 14.4 Å². The van der Waals surface area contributed by atoms with Gasteiger partial charge in [0.2, 0.25) is 5.91 Å². The number of carbonyl (C=O) groups excluding carboxylic acids is 2. The Labute approximate surface area is 153 Å².